The van der Waals surface area contributed by atoms with Crippen molar-refractivity contribution in [3.63, 3.8) is 0 Å². The van der Waals surface area contributed by atoms with Crippen LogP contribution in [0.1, 0.15) is 43.7 Å². The van der Waals surface area contributed by atoms with Gasteiger partial charge < -0.3 is 10.6 Å². The topological polar surface area (TPSA) is 78.5 Å². The van der Waals surface area contributed by atoms with E-state index in [1.807, 2.05) is 31.2 Å². The molecule has 2 aliphatic carbocycles. The molecule has 1 aromatic rings. The van der Waals surface area contributed by atoms with Crippen molar-refractivity contribution in [2.45, 2.75) is 50.6 Å². The van der Waals surface area contributed by atoms with Crippen molar-refractivity contribution < 1.29 is 14.4 Å². The van der Waals surface area contributed by atoms with Crippen LogP contribution in [0.15, 0.2) is 24.3 Å². The monoisotopic (exact) mass is 341 g/mol. The molecule has 6 heteroatoms. The number of amides is 4. The molecule has 1 heterocycles. The molecule has 2 atom stereocenters. The van der Waals surface area contributed by atoms with E-state index in [4.69, 9.17) is 0 Å². The molecule has 4 amide bonds. The van der Waals surface area contributed by atoms with Gasteiger partial charge in [-0.3, -0.25) is 14.5 Å². The van der Waals surface area contributed by atoms with E-state index in [9.17, 15) is 14.4 Å². The van der Waals surface area contributed by atoms with Gasteiger partial charge in [-0.25, -0.2) is 4.79 Å². The zero-order valence-corrected chi connectivity index (χ0v) is 14.4. The SMILES string of the molecule is C[C@@H](NC(=O)CN1C(=O)N[C@]2(CCCc3ccccc32)C1=O)C1CC1. The number of carbonyl (C=O) groups is 3. The smallest absolute Gasteiger partial charge is 0.325 e. The molecule has 132 valence electrons. The summed E-state index contributed by atoms with van der Waals surface area (Å²) >= 11 is 0. The minimum atomic E-state index is -1.01. The Balaban J connectivity index is 1.54. The number of nitrogens with zero attached hydrogens (tertiary/aromatic N) is 1. The van der Waals surface area contributed by atoms with E-state index in [0.717, 1.165) is 41.7 Å². The molecule has 2 N–H and O–H groups in total. The first-order valence-electron chi connectivity index (χ1n) is 9.03. The van der Waals surface area contributed by atoms with Crippen LogP contribution in [-0.2, 0) is 21.5 Å². The van der Waals surface area contributed by atoms with Gasteiger partial charge in [-0.2, -0.15) is 0 Å². The lowest BCUT2D eigenvalue weighted by Crippen LogP contribution is -2.47. The molecule has 0 unspecified atom stereocenters. The second-order valence-corrected chi connectivity index (χ2v) is 7.43. The van der Waals surface area contributed by atoms with Crippen LogP contribution in [0.4, 0.5) is 4.79 Å². The summed E-state index contributed by atoms with van der Waals surface area (Å²) in [6, 6.07) is 7.36. The van der Waals surface area contributed by atoms with Gasteiger partial charge in [0.05, 0.1) is 0 Å². The lowest BCUT2D eigenvalue weighted by Gasteiger charge is -2.33. The van der Waals surface area contributed by atoms with Crippen molar-refractivity contribution in [3.8, 4) is 0 Å². The van der Waals surface area contributed by atoms with Gasteiger partial charge in [0.1, 0.15) is 12.1 Å². The number of fused-ring (bicyclic) bond motifs is 2. The van der Waals surface area contributed by atoms with Gasteiger partial charge in [-0.15, -0.1) is 0 Å². The Bertz CT molecular complexity index is 743. The number of hydrogen-bond acceptors (Lipinski definition) is 3. The number of rotatable bonds is 4. The van der Waals surface area contributed by atoms with Crippen LogP contribution in [0, 0.1) is 5.92 Å². The lowest BCUT2D eigenvalue weighted by atomic mass is 9.76. The average Bonchev–Trinajstić information content (AvgIpc) is 3.41. The van der Waals surface area contributed by atoms with Gasteiger partial charge in [0.25, 0.3) is 5.91 Å². The van der Waals surface area contributed by atoms with Gasteiger partial charge in [-0.05, 0) is 56.1 Å². The summed E-state index contributed by atoms with van der Waals surface area (Å²) in [5.41, 5.74) is 0.957. The molecule has 3 aliphatic rings. The molecule has 6 nitrogen and oxygen atoms in total. The summed E-state index contributed by atoms with van der Waals surface area (Å²) in [4.78, 5) is 38.9. The van der Waals surface area contributed by atoms with Crippen LogP contribution >= 0.6 is 0 Å². The highest BCUT2D eigenvalue weighted by molar-refractivity contribution is 6.09. The lowest BCUT2D eigenvalue weighted by molar-refractivity contribution is -0.135. The summed E-state index contributed by atoms with van der Waals surface area (Å²) < 4.78 is 0. The Morgan fingerprint density at radius 3 is 2.88 bits per heavy atom. The van der Waals surface area contributed by atoms with Crippen molar-refractivity contribution in [1.82, 2.24) is 15.5 Å². The van der Waals surface area contributed by atoms with E-state index < -0.39 is 11.6 Å². The van der Waals surface area contributed by atoms with Crippen LogP contribution in [0.3, 0.4) is 0 Å². The molecule has 1 saturated heterocycles. The van der Waals surface area contributed by atoms with Crippen molar-refractivity contribution in [2.24, 2.45) is 5.92 Å². The number of urea groups is 1. The molecule has 4 rings (SSSR count). The molecule has 1 saturated carbocycles. The number of aryl methyl sites for hydroxylation is 1. The molecular formula is C19H23N3O3. The van der Waals surface area contributed by atoms with E-state index in [2.05, 4.69) is 10.6 Å². The molecule has 0 bridgehead atoms. The van der Waals surface area contributed by atoms with Crippen LogP contribution in [-0.4, -0.2) is 35.3 Å². The molecule has 0 radical (unpaired) electrons. The summed E-state index contributed by atoms with van der Waals surface area (Å²) in [5, 5.41) is 5.78. The fourth-order valence-corrected chi connectivity index (χ4v) is 4.11. The van der Waals surface area contributed by atoms with Crippen molar-refractivity contribution in [2.75, 3.05) is 6.54 Å². The maximum Gasteiger partial charge on any atom is 0.325 e. The number of hydrogen-bond donors (Lipinski definition) is 2. The summed E-state index contributed by atoms with van der Waals surface area (Å²) in [5.74, 6) is -0.0495. The molecule has 1 aliphatic heterocycles. The molecule has 1 aromatic carbocycles. The first-order valence-corrected chi connectivity index (χ1v) is 9.03. The second kappa shape index (κ2) is 5.86. The number of nitrogens with one attached hydrogen (secondary N) is 2. The van der Waals surface area contributed by atoms with E-state index in [0.29, 0.717) is 12.3 Å². The molecular weight excluding hydrogens is 318 g/mol. The maximum atomic E-state index is 13.1. The summed E-state index contributed by atoms with van der Waals surface area (Å²) in [6.07, 6.45) is 4.57. The third-order valence-corrected chi connectivity index (χ3v) is 5.67. The number of carbonyl (C=O) groups excluding carboxylic acids is 3. The number of imide groups is 1. The van der Waals surface area contributed by atoms with E-state index in [-0.39, 0.29) is 24.4 Å². The Morgan fingerprint density at radius 2 is 2.12 bits per heavy atom. The van der Waals surface area contributed by atoms with Gasteiger partial charge in [0.2, 0.25) is 5.91 Å². The van der Waals surface area contributed by atoms with Crippen LogP contribution in [0.25, 0.3) is 0 Å². The van der Waals surface area contributed by atoms with Gasteiger partial charge in [0.15, 0.2) is 0 Å². The Kier molecular flexibility index (Phi) is 3.78. The fourth-order valence-electron chi connectivity index (χ4n) is 4.11. The highest BCUT2D eigenvalue weighted by atomic mass is 16.2. The zero-order valence-electron chi connectivity index (χ0n) is 14.4. The third-order valence-electron chi connectivity index (χ3n) is 5.67. The third kappa shape index (κ3) is 2.69. The first kappa shape index (κ1) is 16.1. The quantitative estimate of drug-likeness (QED) is 0.818. The van der Waals surface area contributed by atoms with Crippen LogP contribution in [0.5, 0.6) is 0 Å². The van der Waals surface area contributed by atoms with E-state index >= 15 is 0 Å². The summed E-state index contributed by atoms with van der Waals surface area (Å²) in [6.45, 7) is 1.76. The predicted octanol–water partition coefficient (Wildman–Crippen LogP) is 1.68. The maximum absolute atomic E-state index is 13.1. The van der Waals surface area contributed by atoms with Crippen molar-refractivity contribution >= 4 is 17.8 Å². The molecule has 25 heavy (non-hydrogen) atoms. The van der Waals surface area contributed by atoms with Crippen molar-refractivity contribution in [3.05, 3.63) is 35.4 Å². The Labute approximate surface area is 147 Å². The highest BCUT2D eigenvalue weighted by Gasteiger charge is 2.54. The average molecular weight is 341 g/mol. The molecule has 2 fully saturated rings. The highest BCUT2D eigenvalue weighted by Crippen LogP contribution is 2.39. The Morgan fingerprint density at radius 1 is 1.36 bits per heavy atom. The largest absolute Gasteiger partial charge is 0.352 e. The van der Waals surface area contributed by atoms with Crippen LogP contribution in [0.2, 0.25) is 0 Å². The van der Waals surface area contributed by atoms with E-state index in [1.54, 1.807) is 0 Å². The second-order valence-electron chi connectivity index (χ2n) is 7.43. The normalized spacial score (nSPS) is 26.4. The molecule has 0 aromatic heterocycles. The van der Waals surface area contributed by atoms with Crippen molar-refractivity contribution in [1.29, 1.82) is 0 Å². The minimum Gasteiger partial charge on any atom is -0.352 e. The summed E-state index contributed by atoms with van der Waals surface area (Å²) in [7, 11) is 0. The Hall–Kier alpha value is -2.37. The van der Waals surface area contributed by atoms with Gasteiger partial charge >= 0.3 is 6.03 Å². The number of benzene rings is 1. The fraction of sp³-hybridized carbons (Fsp3) is 0.526. The first-order chi connectivity index (χ1) is 12.0. The van der Waals surface area contributed by atoms with Crippen LogP contribution < -0.4 is 10.6 Å². The predicted molar refractivity (Wildman–Crippen MR) is 91.6 cm³/mol. The standard InChI is InChI=1S/C19H23N3O3/c1-12(13-8-9-13)20-16(23)11-22-17(24)19(21-18(22)25)10-4-6-14-5-2-3-7-15(14)19/h2-3,5,7,12-13H,4,6,8-11H2,1H3,(H,20,23)(H,21,25)/t12-,19+/m1/s1. The van der Waals surface area contributed by atoms with E-state index in [1.165, 1.54) is 0 Å². The van der Waals surface area contributed by atoms with Gasteiger partial charge in [0, 0.05) is 6.04 Å². The minimum absolute atomic E-state index is 0.0950. The zero-order chi connectivity index (χ0) is 17.6. The van der Waals surface area contributed by atoms with Gasteiger partial charge in [-0.1, -0.05) is 24.3 Å². The molecule has 1 spiro atoms.